The topological polar surface area (TPSA) is 63.3 Å². The van der Waals surface area contributed by atoms with Crippen molar-refractivity contribution in [3.05, 3.63) is 0 Å². The first kappa shape index (κ1) is 13.4. The van der Waals surface area contributed by atoms with E-state index in [0.717, 1.165) is 32.1 Å². The fraction of sp³-hybridized carbons (Fsp3) is 0.909. The highest BCUT2D eigenvalue weighted by Crippen LogP contribution is 2.22. The van der Waals surface area contributed by atoms with Crippen molar-refractivity contribution in [3.8, 4) is 0 Å². The summed E-state index contributed by atoms with van der Waals surface area (Å²) < 4.78 is 0. The van der Waals surface area contributed by atoms with Gasteiger partial charge in [0.1, 0.15) is 0 Å². The van der Waals surface area contributed by atoms with E-state index in [1.165, 1.54) is 0 Å². The maximum Gasteiger partial charge on any atom is 0.306 e. The van der Waals surface area contributed by atoms with Crippen molar-refractivity contribution >= 4 is 5.97 Å². The zero-order chi connectivity index (χ0) is 11.0. The van der Waals surface area contributed by atoms with Crippen LogP contribution >= 0.6 is 0 Å². The number of unbranched alkanes of at least 4 members (excludes halogenated alkanes) is 1. The van der Waals surface area contributed by atoms with Crippen molar-refractivity contribution in [2.45, 2.75) is 46.0 Å². The highest BCUT2D eigenvalue weighted by atomic mass is 16.4. The maximum atomic E-state index is 11.0. The molecule has 0 aliphatic heterocycles. The minimum Gasteiger partial charge on any atom is -0.481 e. The lowest BCUT2D eigenvalue weighted by Gasteiger charge is -2.21. The van der Waals surface area contributed by atoms with Crippen molar-refractivity contribution in [1.29, 1.82) is 0 Å². The van der Waals surface area contributed by atoms with E-state index in [4.69, 9.17) is 10.8 Å². The second-order valence-electron chi connectivity index (χ2n) is 3.87. The summed E-state index contributed by atoms with van der Waals surface area (Å²) in [6.45, 7) is 4.64. The smallest absolute Gasteiger partial charge is 0.306 e. The van der Waals surface area contributed by atoms with Crippen LogP contribution in [0.1, 0.15) is 46.0 Å². The third-order valence-corrected chi connectivity index (χ3v) is 2.72. The lowest BCUT2D eigenvalue weighted by molar-refractivity contribution is -0.144. The van der Waals surface area contributed by atoms with Crippen LogP contribution in [0.25, 0.3) is 0 Å². The monoisotopic (exact) mass is 201 g/mol. The van der Waals surface area contributed by atoms with Gasteiger partial charge in [0, 0.05) is 0 Å². The number of carboxylic acid groups (broad SMARTS) is 1. The minimum atomic E-state index is -0.678. The second-order valence-corrected chi connectivity index (χ2v) is 3.87. The third-order valence-electron chi connectivity index (χ3n) is 2.72. The highest BCUT2D eigenvalue weighted by molar-refractivity contribution is 5.70. The Labute approximate surface area is 86.7 Å². The van der Waals surface area contributed by atoms with Crippen LogP contribution in [0.2, 0.25) is 0 Å². The van der Waals surface area contributed by atoms with Crippen molar-refractivity contribution in [2.24, 2.45) is 17.6 Å². The number of carbonyl (C=O) groups is 1. The van der Waals surface area contributed by atoms with Crippen LogP contribution in [0.3, 0.4) is 0 Å². The van der Waals surface area contributed by atoms with Gasteiger partial charge in [-0.1, -0.05) is 33.1 Å². The van der Waals surface area contributed by atoms with Gasteiger partial charge >= 0.3 is 5.97 Å². The number of rotatable bonds is 8. The van der Waals surface area contributed by atoms with Crippen LogP contribution in [0.5, 0.6) is 0 Å². The lowest BCUT2D eigenvalue weighted by Crippen LogP contribution is -2.29. The molecule has 0 saturated heterocycles. The molecule has 0 aliphatic carbocycles. The fourth-order valence-electron chi connectivity index (χ4n) is 1.84. The molecule has 3 heteroatoms. The highest BCUT2D eigenvalue weighted by Gasteiger charge is 2.25. The quantitative estimate of drug-likeness (QED) is 0.633. The summed E-state index contributed by atoms with van der Waals surface area (Å²) in [6, 6.07) is 0. The summed E-state index contributed by atoms with van der Waals surface area (Å²) >= 11 is 0. The van der Waals surface area contributed by atoms with Gasteiger partial charge in [-0.25, -0.2) is 0 Å². The molecule has 0 spiro atoms. The number of aliphatic carboxylic acids is 1. The van der Waals surface area contributed by atoms with Gasteiger partial charge in [-0.15, -0.1) is 0 Å². The van der Waals surface area contributed by atoms with Crippen molar-refractivity contribution < 1.29 is 9.90 Å². The van der Waals surface area contributed by atoms with Crippen LogP contribution in [0.15, 0.2) is 0 Å². The van der Waals surface area contributed by atoms with E-state index in [1.807, 2.05) is 0 Å². The number of nitrogens with two attached hydrogens (primary N) is 1. The minimum absolute atomic E-state index is 0.157. The van der Waals surface area contributed by atoms with Crippen LogP contribution in [0.4, 0.5) is 0 Å². The third kappa shape index (κ3) is 4.61. The largest absolute Gasteiger partial charge is 0.481 e. The van der Waals surface area contributed by atoms with E-state index in [9.17, 15) is 4.79 Å². The maximum absolute atomic E-state index is 11.0. The molecule has 2 atom stereocenters. The SMILES string of the molecule is CCCCC(C(=O)O)[C@H](CN)CCC. The summed E-state index contributed by atoms with van der Waals surface area (Å²) in [5.74, 6) is -0.758. The first-order valence-electron chi connectivity index (χ1n) is 5.60. The first-order chi connectivity index (χ1) is 6.67. The van der Waals surface area contributed by atoms with Crippen LogP contribution in [-0.4, -0.2) is 17.6 Å². The van der Waals surface area contributed by atoms with E-state index in [1.54, 1.807) is 0 Å². The Kier molecular flexibility index (Phi) is 7.48. The van der Waals surface area contributed by atoms with Crippen molar-refractivity contribution in [3.63, 3.8) is 0 Å². The predicted octanol–water partition coefficient (Wildman–Crippen LogP) is 2.25. The summed E-state index contributed by atoms with van der Waals surface area (Å²) in [5.41, 5.74) is 5.61. The number of hydrogen-bond acceptors (Lipinski definition) is 2. The summed E-state index contributed by atoms with van der Waals surface area (Å²) in [4.78, 5) is 11.0. The molecule has 0 aromatic heterocycles. The fourth-order valence-corrected chi connectivity index (χ4v) is 1.84. The van der Waals surface area contributed by atoms with Gasteiger partial charge in [-0.2, -0.15) is 0 Å². The van der Waals surface area contributed by atoms with Crippen molar-refractivity contribution in [1.82, 2.24) is 0 Å². The Balaban J connectivity index is 4.20. The van der Waals surface area contributed by atoms with Gasteiger partial charge in [0.15, 0.2) is 0 Å². The Hall–Kier alpha value is -0.570. The molecule has 14 heavy (non-hydrogen) atoms. The number of carboxylic acids is 1. The van der Waals surface area contributed by atoms with Gasteiger partial charge in [-0.3, -0.25) is 4.79 Å². The molecule has 84 valence electrons. The molecular weight excluding hydrogens is 178 g/mol. The summed E-state index contributed by atoms with van der Waals surface area (Å²) in [5, 5.41) is 9.07. The Morgan fingerprint density at radius 3 is 2.29 bits per heavy atom. The second kappa shape index (κ2) is 7.80. The average molecular weight is 201 g/mol. The van der Waals surface area contributed by atoms with E-state index in [2.05, 4.69) is 13.8 Å². The van der Waals surface area contributed by atoms with E-state index in [0.29, 0.717) is 6.54 Å². The predicted molar refractivity (Wildman–Crippen MR) is 58.1 cm³/mol. The van der Waals surface area contributed by atoms with Crippen LogP contribution in [0, 0.1) is 11.8 Å². The van der Waals surface area contributed by atoms with Gasteiger partial charge in [-0.05, 0) is 25.3 Å². The molecule has 3 N–H and O–H groups in total. The normalized spacial score (nSPS) is 15.1. The zero-order valence-electron chi connectivity index (χ0n) is 9.33. The molecule has 0 radical (unpaired) electrons. The van der Waals surface area contributed by atoms with Gasteiger partial charge in [0.2, 0.25) is 0 Å². The molecule has 0 heterocycles. The van der Waals surface area contributed by atoms with E-state index >= 15 is 0 Å². The molecule has 1 unspecified atom stereocenters. The summed E-state index contributed by atoms with van der Waals surface area (Å²) in [7, 11) is 0. The first-order valence-corrected chi connectivity index (χ1v) is 5.60. The molecule has 0 bridgehead atoms. The Morgan fingerprint density at radius 2 is 1.93 bits per heavy atom. The molecular formula is C11H23NO2. The molecule has 0 aromatic carbocycles. The lowest BCUT2D eigenvalue weighted by atomic mass is 9.85. The Morgan fingerprint density at radius 1 is 1.29 bits per heavy atom. The van der Waals surface area contributed by atoms with E-state index in [-0.39, 0.29) is 11.8 Å². The van der Waals surface area contributed by atoms with Crippen molar-refractivity contribution in [2.75, 3.05) is 6.54 Å². The zero-order valence-corrected chi connectivity index (χ0v) is 9.33. The van der Waals surface area contributed by atoms with Crippen LogP contribution in [-0.2, 0) is 4.79 Å². The molecule has 0 amide bonds. The molecule has 0 fully saturated rings. The van der Waals surface area contributed by atoms with Gasteiger partial charge in [0.05, 0.1) is 5.92 Å². The summed E-state index contributed by atoms with van der Waals surface area (Å²) in [6.07, 6.45) is 4.74. The molecule has 0 aliphatic rings. The average Bonchev–Trinajstić information content (AvgIpc) is 2.16. The molecule has 0 saturated carbocycles. The number of hydrogen-bond donors (Lipinski definition) is 2. The Bertz CT molecular complexity index is 159. The molecule has 0 rings (SSSR count). The standard InChI is InChI=1S/C11H23NO2/c1-3-5-7-10(11(13)14)9(8-12)6-4-2/h9-10H,3-8,12H2,1-2H3,(H,13,14)/t9-,10?/m0/s1. The van der Waals surface area contributed by atoms with E-state index < -0.39 is 5.97 Å². The van der Waals surface area contributed by atoms with Gasteiger partial charge < -0.3 is 10.8 Å². The van der Waals surface area contributed by atoms with Gasteiger partial charge in [0.25, 0.3) is 0 Å². The molecule has 0 aromatic rings. The molecule has 3 nitrogen and oxygen atoms in total. The van der Waals surface area contributed by atoms with Crippen LogP contribution < -0.4 is 5.73 Å².